The van der Waals surface area contributed by atoms with Crippen LogP contribution in [0.2, 0.25) is 5.02 Å². The Balaban J connectivity index is 1.58. The number of aryl methyl sites for hydroxylation is 1. The minimum atomic E-state index is -0.356. The fraction of sp³-hybridized carbons (Fsp3) is 0.190. The number of halogens is 1. The highest BCUT2D eigenvalue weighted by atomic mass is 35.5. The molecule has 148 valence electrons. The average molecular weight is 410 g/mol. The summed E-state index contributed by atoms with van der Waals surface area (Å²) in [5.41, 5.74) is 2.80. The molecule has 1 fully saturated rings. The molecule has 0 atom stereocenters. The number of anilines is 2. The maximum absolute atomic E-state index is 12.9. The SMILES string of the molecule is Cc1cc(NC(=O)c2cc(N3CCNC3=O)ccc2Cl)n(Cc2ccccc2)n1. The van der Waals surface area contributed by atoms with E-state index >= 15 is 0 Å². The summed E-state index contributed by atoms with van der Waals surface area (Å²) in [4.78, 5) is 26.4. The van der Waals surface area contributed by atoms with Crippen molar-refractivity contribution in [3.8, 4) is 0 Å². The van der Waals surface area contributed by atoms with E-state index in [1.807, 2.05) is 43.3 Å². The van der Waals surface area contributed by atoms with Crippen LogP contribution < -0.4 is 15.5 Å². The molecule has 29 heavy (non-hydrogen) atoms. The third kappa shape index (κ3) is 4.09. The number of hydrogen-bond donors (Lipinski definition) is 2. The standard InChI is InChI=1S/C21H20ClN5O2/c1-14-11-19(27(25-14)13-15-5-3-2-4-6-15)24-20(28)17-12-16(7-8-18(17)22)26-10-9-23-21(26)29/h2-8,11-12H,9-10,13H2,1H3,(H,23,29)(H,24,28). The van der Waals surface area contributed by atoms with Crippen LogP contribution in [0.25, 0.3) is 0 Å². The molecule has 2 aromatic carbocycles. The molecule has 1 saturated heterocycles. The quantitative estimate of drug-likeness (QED) is 0.674. The van der Waals surface area contributed by atoms with Crippen LogP contribution in [0.15, 0.2) is 54.6 Å². The first kappa shape index (κ1) is 19.0. The lowest BCUT2D eigenvalue weighted by Crippen LogP contribution is -2.28. The molecule has 7 nitrogen and oxygen atoms in total. The molecule has 0 unspecified atom stereocenters. The van der Waals surface area contributed by atoms with Gasteiger partial charge in [-0.15, -0.1) is 0 Å². The van der Waals surface area contributed by atoms with E-state index < -0.39 is 0 Å². The summed E-state index contributed by atoms with van der Waals surface area (Å²) in [5, 5.41) is 10.4. The van der Waals surface area contributed by atoms with Crippen LogP contribution in [0, 0.1) is 6.92 Å². The molecule has 4 rings (SSSR count). The molecular formula is C21H20ClN5O2. The number of rotatable bonds is 5. The zero-order valence-electron chi connectivity index (χ0n) is 15.9. The summed E-state index contributed by atoms with van der Waals surface area (Å²) in [6, 6.07) is 16.5. The van der Waals surface area contributed by atoms with Crippen molar-refractivity contribution in [2.24, 2.45) is 0 Å². The summed E-state index contributed by atoms with van der Waals surface area (Å²) < 4.78 is 1.74. The molecular weight excluding hydrogens is 390 g/mol. The Kier molecular flexibility index (Phi) is 5.22. The minimum Gasteiger partial charge on any atom is -0.336 e. The third-order valence-corrected chi connectivity index (χ3v) is 5.01. The number of aromatic nitrogens is 2. The summed E-state index contributed by atoms with van der Waals surface area (Å²) >= 11 is 6.27. The van der Waals surface area contributed by atoms with Crippen molar-refractivity contribution in [2.45, 2.75) is 13.5 Å². The lowest BCUT2D eigenvalue weighted by molar-refractivity contribution is 0.102. The normalized spacial score (nSPS) is 13.4. The average Bonchev–Trinajstić information content (AvgIpc) is 3.28. The summed E-state index contributed by atoms with van der Waals surface area (Å²) in [5.74, 6) is 0.224. The highest BCUT2D eigenvalue weighted by Crippen LogP contribution is 2.25. The van der Waals surface area contributed by atoms with Gasteiger partial charge in [-0.25, -0.2) is 9.48 Å². The van der Waals surface area contributed by atoms with Crippen LogP contribution in [0.1, 0.15) is 21.6 Å². The van der Waals surface area contributed by atoms with Gasteiger partial charge in [0.25, 0.3) is 5.91 Å². The van der Waals surface area contributed by atoms with Crippen LogP contribution in [-0.4, -0.2) is 34.8 Å². The second-order valence-electron chi connectivity index (χ2n) is 6.82. The molecule has 1 aliphatic rings. The number of hydrogen-bond acceptors (Lipinski definition) is 3. The number of amides is 3. The molecule has 0 spiro atoms. The molecule has 0 bridgehead atoms. The molecule has 2 heterocycles. The van der Waals surface area contributed by atoms with Crippen LogP contribution in [0.4, 0.5) is 16.3 Å². The Morgan fingerprint density at radius 2 is 2.00 bits per heavy atom. The van der Waals surface area contributed by atoms with E-state index in [-0.39, 0.29) is 11.9 Å². The minimum absolute atomic E-state index is 0.185. The van der Waals surface area contributed by atoms with Crippen molar-refractivity contribution >= 4 is 35.0 Å². The van der Waals surface area contributed by atoms with E-state index in [1.54, 1.807) is 27.8 Å². The Hall–Kier alpha value is -3.32. The summed E-state index contributed by atoms with van der Waals surface area (Å²) in [6.45, 7) is 3.52. The van der Waals surface area contributed by atoms with Gasteiger partial charge in [0.2, 0.25) is 0 Å². The second-order valence-corrected chi connectivity index (χ2v) is 7.22. The number of nitrogens with one attached hydrogen (secondary N) is 2. The van der Waals surface area contributed by atoms with Crippen molar-refractivity contribution < 1.29 is 9.59 Å². The van der Waals surface area contributed by atoms with Crippen molar-refractivity contribution in [3.05, 3.63) is 76.4 Å². The van der Waals surface area contributed by atoms with E-state index in [0.717, 1.165) is 11.3 Å². The topological polar surface area (TPSA) is 79.3 Å². The fourth-order valence-corrected chi connectivity index (χ4v) is 3.48. The van der Waals surface area contributed by atoms with Crippen LogP contribution in [0.5, 0.6) is 0 Å². The van der Waals surface area contributed by atoms with E-state index in [9.17, 15) is 9.59 Å². The first-order valence-electron chi connectivity index (χ1n) is 9.26. The molecule has 0 aliphatic carbocycles. The van der Waals surface area contributed by atoms with E-state index in [0.29, 0.717) is 41.7 Å². The molecule has 0 radical (unpaired) electrons. The van der Waals surface area contributed by atoms with Gasteiger partial charge in [-0.2, -0.15) is 5.10 Å². The third-order valence-electron chi connectivity index (χ3n) is 4.68. The zero-order valence-corrected chi connectivity index (χ0v) is 16.6. The fourth-order valence-electron chi connectivity index (χ4n) is 3.28. The van der Waals surface area contributed by atoms with Crippen LogP contribution in [0.3, 0.4) is 0 Å². The van der Waals surface area contributed by atoms with Gasteiger partial charge >= 0.3 is 6.03 Å². The molecule has 3 aromatic rings. The van der Waals surface area contributed by atoms with E-state index in [4.69, 9.17) is 11.6 Å². The van der Waals surface area contributed by atoms with E-state index in [1.165, 1.54) is 0 Å². The second kappa shape index (κ2) is 7.97. The highest BCUT2D eigenvalue weighted by Gasteiger charge is 2.23. The van der Waals surface area contributed by atoms with Gasteiger partial charge in [0.15, 0.2) is 0 Å². The first-order valence-corrected chi connectivity index (χ1v) is 9.64. The molecule has 1 aliphatic heterocycles. The van der Waals surface area contributed by atoms with Crippen molar-refractivity contribution in [3.63, 3.8) is 0 Å². The van der Waals surface area contributed by atoms with Gasteiger partial charge < -0.3 is 10.6 Å². The highest BCUT2D eigenvalue weighted by molar-refractivity contribution is 6.34. The number of nitrogens with zero attached hydrogens (tertiary/aromatic N) is 3. The maximum Gasteiger partial charge on any atom is 0.321 e. The number of benzene rings is 2. The summed E-state index contributed by atoms with van der Waals surface area (Å²) in [6.07, 6.45) is 0. The van der Waals surface area contributed by atoms with Gasteiger partial charge in [0.05, 0.1) is 22.8 Å². The Labute approximate surface area is 173 Å². The smallest absolute Gasteiger partial charge is 0.321 e. The van der Waals surface area contributed by atoms with Crippen molar-refractivity contribution in [1.82, 2.24) is 15.1 Å². The molecule has 1 aromatic heterocycles. The lowest BCUT2D eigenvalue weighted by atomic mass is 10.1. The predicted molar refractivity (Wildman–Crippen MR) is 113 cm³/mol. The van der Waals surface area contributed by atoms with Gasteiger partial charge in [-0.05, 0) is 30.7 Å². The molecule has 0 saturated carbocycles. The number of carbonyl (C=O) groups is 2. The zero-order chi connectivity index (χ0) is 20.4. The monoisotopic (exact) mass is 409 g/mol. The van der Waals surface area contributed by atoms with Crippen molar-refractivity contribution in [1.29, 1.82) is 0 Å². The van der Waals surface area contributed by atoms with Gasteiger partial charge in [-0.3, -0.25) is 9.69 Å². The lowest BCUT2D eigenvalue weighted by Gasteiger charge is -2.16. The Morgan fingerprint density at radius 1 is 1.21 bits per heavy atom. The van der Waals surface area contributed by atoms with Crippen LogP contribution >= 0.6 is 11.6 Å². The Bertz CT molecular complexity index is 1060. The number of urea groups is 1. The van der Waals surface area contributed by atoms with E-state index in [2.05, 4.69) is 15.7 Å². The predicted octanol–water partition coefficient (Wildman–Crippen LogP) is 3.68. The maximum atomic E-state index is 12.9. The van der Waals surface area contributed by atoms with Gasteiger partial charge in [-0.1, -0.05) is 41.9 Å². The van der Waals surface area contributed by atoms with Crippen molar-refractivity contribution in [2.75, 3.05) is 23.3 Å². The molecule has 8 heteroatoms. The first-order chi connectivity index (χ1) is 14.0. The largest absolute Gasteiger partial charge is 0.336 e. The number of carbonyl (C=O) groups excluding carboxylic acids is 2. The summed E-state index contributed by atoms with van der Waals surface area (Å²) in [7, 11) is 0. The van der Waals surface area contributed by atoms with Crippen LogP contribution in [-0.2, 0) is 6.54 Å². The molecule has 2 N–H and O–H groups in total. The van der Waals surface area contributed by atoms with Gasteiger partial charge in [0.1, 0.15) is 5.82 Å². The Morgan fingerprint density at radius 3 is 2.72 bits per heavy atom. The molecule has 3 amide bonds. The van der Waals surface area contributed by atoms with Gasteiger partial charge in [0, 0.05) is 24.8 Å².